The van der Waals surface area contributed by atoms with Gasteiger partial charge in [-0.05, 0) is 56.3 Å². The van der Waals surface area contributed by atoms with E-state index in [1.54, 1.807) is 12.3 Å². The fraction of sp³-hybridized carbons (Fsp3) is 0.375. The number of benzene rings is 1. The highest BCUT2D eigenvalue weighted by molar-refractivity contribution is 7.89. The molecule has 0 bridgehead atoms. The average molecular weight is 373 g/mol. The number of nitrogens with zero attached hydrogens (tertiary/aromatic N) is 1. The smallest absolute Gasteiger partial charge is 0.240 e. The topological polar surface area (TPSA) is 62.6 Å². The molecule has 1 aromatic heterocycles. The van der Waals surface area contributed by atoms with Crippen LogP contribution in [0.25, 0.3) is 0 Å². The second-order valence-corrected chi connectivity index (χ2v) is 7.88. The van der Waals surface area contributed by atoms with Gasteiger partial charge in [0.1, 0.15) is 11.6 Å². The number of hydrogen-bond acceptors (Lipinski definition) is 4. The Kier molecular flexibility index (Phi) is 5.24. The molecule has 1 aromatic carbocycles. The first-order valence-electron chi connectivity index (χ1n) is 7.69. The van der Waals surface area contributed by atoms with Crippen LogP contribution in [0.2, 0.25) is 5.02 Å². The first-order chi connectivity index (χ1) is 11.5. The Bertz CT molecular complexity index is 790. The molecule has 0 aliphatic carbocycles. The second-order valence-electron chi connectivity index (χ2n) is 5.70. The van der Waals surface area contributed by atoms with Crippen molar-refractivity contribution in [3.63, 3.8) is 0 Å². The van der Waals surface area contributed by atoms with Crippen molar-refractivity contribution in [2.45, 2.75) is 23.8 Å². The summed E-state index contributed by atoms with van der Waals surface area (Å²) in [5, 5.41) is -0.222. The van der Waals surface area contributed by atoms with Crippen LogP contribution < -0.4 is 4.72 Å². The second kappa shape index (κ2) is 7.23. The van der Waals surface area contributed by atoms with Gasteiger partial charge >= 0.3 is 0 Å². The van der Waals surface area contributed by atoms with Gasteiger partial charge in [-0.25, -0.2) is 17.5 Å². The molecule has 0 radical (unpaired) electrons. The monoisotopic (exact) mass is 372 g/mol. The van der Waals surface area contributed by atoms with Crippen LogP contribution in [-0.4, -0.2) is 33.0 Å². The van der Waals surface area contributed by atoms with Crippen LogP contribution in [0.3, 0.4) is 0 Å². The maximum Gasteiger partial charge on any atom is 0.240 e. The maximum atomic E-state index is 13.2. The fourth-order valence-electron chi connectivity index (χ4n) is 2.86. The van der Waals surface area contributed by atoms with Crippen LogP contribution >= 0.6 is 11.6 Å². The molecule has 1 aliphatic heterocycles. The van der Waals surface area contributed by atoms with E-state index in [1.165, 1.54) is 6.07 Å². The summed E-state index contributed by atoms with van der Waals surface area (Å²) >= 11 is 5.68. The van der Waals surface area contributed by atoms with E-state index in [0.717, 1.165) is 43.8 Å². The number of furan rings is 1. The van der Waals surface area contributed by atoms with Crippen molar-refractivity contribution >= 4 is 21.6 Å². The van der Waals surface area contributed by atoms with E-state index in [9.17, 15) is 12.8 Å². The highest BCUT2D eigenvalue weighted by atomic mass is 35.5. The van der Waals surface area contributed by atoms with Crippen molar-refractivity contribution in [2.24, 2.45) is 0 Å². The van der Waals surface area contributed by atoms with E-state index in [1.807, 2.05) is 6.07 Å². The molecule has 0 unspecified atom stereocenters. The summed E-state index contributed by atoms with van der Waals surface area (Å²) in [7, 11) is -3.78. The van der Waals surface area contributed by atoms with Crippen LogP contribution in [0.4, 0.5) is 4.39 Å². The Labute approximate surface area is 145 Å². The first kappa shape index (κ1) is 17.4. The third kappa shape index (κ3) is 3.80. The highest BCUT2D eigenvalue weighted by Gasteiger charge is 2.27. The number of rotatable bonds is 6. The highest BCUT2D eigenvalue weighted by Crippen LogP contribution is 2.26. The summed E-state index contributed by atoms with van der Waals surface area (Å²) in [5.74, 6) is 0.0675. The molecule has 2 aromatic rings. The molecule has 1 aliphatic rings. The SMILES string of the molecule is O=S(=O)(NC[C@@H](c1ccco1)N1CCCC1)c1ccc(F)c(Cl)c1. The van der Waals surface area contributed by atoms with Crippen LogP contribution in [0.15, 0.2) is 45.9 Å². The zero-order valence-electron chi connectivity index (χ0n) is 12.9. The van der Waals surface area contributed by atoms with E-state index >= 15 is 0 Å². The van der Waals surface area contributed by atoms with Gasteiger partial charge in [0.05, 0.1) is 22.2 Å². The molecule has 8 heteroatoms. The Morgan fingerprint density at radius 3 is 2.67 bits per heavy atom. The van der Waals surface area contributed by atoms with Gasteiger partial charge in [0, 0.05) is 6.54 Å². The maximum absolute atomic E-state index is 13.2. The Morgan fingerprint density at radius 1 is 1.29 bits per heavy atom. The number of nitrogens with one attached hydrogen (secondary N) is 1. The quantitative estimate of drug-likeness (QED) is 0.845. The van der Waals surface area contributed by atoms with E-state index in [-0.39, 0.29) is 22.5 Å². The lowest BCUT2D eigenvalue weighted by Gasteiger charge is -2.26. The molecule has 5 nitrogen and oxygen atoms in total. The van der Waals surface area contributed by atoms with Gasteiger partial charge in [-0.15, -0.1) is 0 Å². The molecule has 1 fully saturated rings. The lowest BCUT2D eigenvalue weighted by molar-refractivity contribution is 0.216. The molecular weight excluding hydrogens is 355 g/mol. The zero-order chi connectivity index (χ0) is 17.2. The number of hydrogen-bond donors (Lipinski definition) is 1. The Hall–Kier alpha value is -1.41. The summed E-state index contributed by atoms with van der Waals surface area (Å²) in [6.45, 7) is 1.97. The summed E-state index contributed by atoms with van der Waals surface area (Å²) in [6.07, 6.45) is 3.74. The predicted octanol–water partition coefficient (Wildman–Crippen LogP) is 3.19. The molecule has 130 valence electrons. The lowest BCUT2D eigenvalue weighted by Crippen LogP contribution is -2.36. The largest absolute Gasteiger partial charge is 0.468 e. The van der Waals surface area contributed by atoms with Gasteiger partial charge in [-0.1, -0.05) is 11.6 Å². The van der Waals surface area contributed by atoms with Gasteiger partial charge in [0.15, 0.2) is 0 Å². The van der Waals surface area contributed by atoms with E-state index in [2.05, 4.69) is 9.62 Å². The number of likely N-dealkylation sites (tertiary alicyclic amines) is 1. The van der Waals surface area contributed by atoms with Gasteiger partial charge in [0.25, 0.3) is 0 Å². The molecule has 1 saturated heterocycles. The third-order valence-electron chi connectivity index (χ3n) is 4.12. The van der Waals surface area contributed by atoms with Crippen molar-refractivity contribution < 1.29 is 17.2 Å². The molecule has 0 saturated carbocycles. The van der Waals surface area contributed by atoms with Crippen molar-refractivity contribution in [1.82, 2.24) is 9.62 Å². The Morgan fingerprint density at radius 2 is 2.04 bits per heavy atom. The normalized spacial score (nSPS) is 17.2. The van der Waals surface area contributed by atoms with Crippen LogP contribution in [0.5, 0.6) is 0 Å². The molecule has 0 amide bonds. The van der Waals surface area contributed by atoms with Crippen LogP contribution in [-0.2, 0) is 10.0 Å². The fourth-order valence-corrected chi connectivity index (χ4v) is 4.17. The molecule has 24 heavy (non-hydrogen) atoms. The van der Waals surface area contributed by atoms with Gasteiger partial charge < -0.3 is 4.42 Å². The number of halogens is 2. The molecule has 1 N–H and O–H groups in total. The summed E-state index contributed by atoms with van der Waals surface area (Å²) < 4.78 is 46.2. The zero-order valence-corrected chi connectivity index (χ0v) is 14.5. The summed E-state index contributed by atoms with van der Waals surface area (Å²) in [5.41, 5.74) is 0. The first-order valence-corrected chi connectivity index (χ1v) is 9.56. The van der Waals surface area contributed by atoms with Crippen molar-refractivity contribution in [2.75, 3.05) is 19.6 Å². The van der Waals surface area contributed by atoms with Crippen molar-refractivity contribution in [3.05, 3.63) is 53.2 Å². The molecule has 0 spiro atoms. The van der Waals surface area contributed by atoms with Crippen molar-refractivity contribution in [3.8, 4) is 0 Å². The standard InChI is InChI=1S/C16H18ClFN2O3S/c17-13-10-12(5-6-14(13)18)24(21,22)19-11-15(16-4-3-9-23-16)20-7-1-2-8-20/h3-6,9-10,15,19H,1-2,7-8,11H2/t15-/m0/s1. The van der Waals surface area contributed by atoms with E-state index in [0.29, 0.717) is 0 Å². The lowest BCUT2D eigenvalue weighted by atomic mass is 10.2. The average Bonchev–Trinajstić information content (AvgIpc) is 3.24. The molecular formula is C16H18ClFN2O3S. The van der Waals surface area contributed by atoms with Crippen LogP contribution in [0, 0.1) is 5.82 Å². The third-order valence-corrected chi connectivity index (χ3v) is 5.83. The Balaban J connectivity index is 1.76. The van der Waals surface area contributed by atoms with Gasteiger partial charge in [0.2, 0.25) is 10.0 Å². The minimum absolute atomic E-state index is 0.0616. The van der Waals surface area contributed by atoms with Crippen LogP contribution in [0.1, 0.15) is 24.6 Å². The molecule has 3 rings (SSSR count). The van der Waals surface area contributed by atoms with Gasteiger partial charge in [-0.2, -0.15) is 0 Å². The molecule has 1 atom stereocenters. The van der Waals surface area contributed by atoms with Crippen molar-refractivity contribution in [1.29, 1.82) is 0 Å². The number of sulfonamides is 1. The van der Waals surface area contributed by atoms with E-state index in [4.69, 9.17) is 16.0 Å². The van der Waals surface area contributed by atoms with E-state index < -0.39 is 15.8 Å². The minimum atomic E-state index is -3.78. The summed E-state index contributed by atoms with van der Waals surface area (Å²) in [4.78, 5) is 2.13. The summed E-state index contributed by atoms with van der Waals surface area (Å²) in [6, 6.07) is 6.80. The van der Waals surface area contributed by atoms with Gasteiger partial charge in [-0.3, -0.25) is 4.90 Å². The molecule has 2 heterocycles. The minimum Gasteiger partial charge on any atom is -0.468 e. The predicted molar refractivity (Wildman–Crippen MR) is 88.9 cm³/mol.